The van der Waals surface area contributed by atoms with Crippen molar-refractivity contribution in [3.8, 4) is 17.1 Å². The molecular weight excluding hydrogens is 492 g/mol. The predicted molar refractivity (Wildman–Crippen MR) is 122 cm³/mol. The number of nitrogens with one attached hydrogen (secondary N) is 2. The van der Waals surface area contributed by atoms with Crippen molar-refractivity contribution in [3.63, 3.8) is 0 Å². The van der Waals surface area contributed by atoms with E-state index in [2.05, 4.69) is 35.5 Å². The highest BCUT2D eigenvalue weighted by Crippen LogP contribution is 2.29. The minimum absolute atomic E-state index is 0.000348. The highest BCUT2D eigenvalue weighted by atomic mass is 35.5. The van der Waals surface area contributed by atoms with Gasteiger partial charge in [0.05, 0.1) is 23.4 Å². The first kappa shape index (κ1) is 24.6. The molecule has 4 rings (SSSR count). The van der Waals surface area contributed by atoms with E-state index in [9.17, 15) is 17.6 Å². The number of aromatic nitrogens is 3. The van der Waals surface area contributed by atoms with Gasteiger partial charge in [0, 0.05) is 19.1 Å². The monoisotopic (exact) mass is 510 g/mol. The maximum Gasteiger partial charge on any atom is 0.573 e. The Morgan fingerprint density at radius 3 is 2.57 bits per heavy atom. The lowest BCUT2D eigenvalue weighted by atomic mass is 10.1. The number of nitrogens with zero attached hydrogens (tertiary/aromatic N) is 4. The zero-order chi connectivity index (χ0) is 24.8. The molecule has 0 amide bonds. The Bertz CT molecular complexity index is 1170. The van der Waals surface area contributed by atoms with E-state index in [1.54, 1.807) is 0 Å². The number of benzene rings is 2. The molecule has 1 unspecified atom stereocenters. The molecule has 1 aliphatic heterocycles. The summed E-state index contributed by atoms with van der Waals surface area (Å²) in [4.78, 5) is 12.8. The molecule has 1 aliphatic rings. The van der Waals surface area contributed by atoms with Crippen LogP contribution < -0.4 is 15.5 Å². The molecule has 1 atom stereocenters. The van der Waals surface area contributed by atoms with Gasteiger partial charge < -0.3 is 14.8 Å². The zero-order valence-electron chi connectivity index (χ0n) is 18.0. The molecule has 1 aromatic heterocycles. The van der Waals surface area contributed by atoms with E-state index in [0.29, 0.717) is 25.3 Å². The second-order valence-electron chi connectivity index (χ2n) is 7.50. The van der Waals surface area contributed by atoms with Crippen LogP contribution in [0.5, 0.6) is 5.75 Å². The average Bonchev–Trinajstić information content (AvgIpc) is 3.32. The Morgan fingerprint density at radius 2 is 1.89 bits per heavy atom. The predicted octanol–water partition coefficient (Wildman–Crippen LogP) is 5.12. The maximum absolute atomic E-state index is 14.5. The molecule has 0 radical (unpaired) electrons. The summed E-state index contributed by atoms with van der Waals surface area (Å²) >= 11 is 6.18. The van der Waals surface area contributed by atoms with E-state index >= 15 is 0 Å². The summed E-state index contributed by atoms with van der Waals surface area (Å²) in [5.74, 6) is -0.477. The molecule has 0 spiro atoms. The van der Waals surface area contributed by atoms with E-state index in [1.165, 1.54) is 36.5 Å². The number of anilines is 2. The number of ether oxygens (including phenoxy) is 2. The molecule has 2 heterocycles. The normalized spacial score (nSPS) is 16.0. The van der Waals surface area contributed by atoms with Crippen molar-refractivity contribution in [1.29, 1.82) is 0 Å². The molecular formula is C22H19ClF4N6O2. The van der Waals surface area contributed by atoms with Crippen LogP contribution in [0.15, 0.2) is 47.6 Å². The van der Waals surface area contributed by atoms with Gasteiger partial charge in [-0.25, -0.2) is 9.82 Å². The van der Waals surface area contributed by atoms with Crippen molar-refractivity contribution in [2.45, 2.75) is 12.8 Å². The van der Waals surface area contributed by atoms with E-state index < -0.39 is 12.2 Å². The van der Waals surface area contributed by atoms with Gasteiger partial charge in [-0.1, -0.05) is 17.7 Å². The average molecular weight is 511 g/mol. The molecule has 35 heavy (non-hydrogen) atoms. The maximum atomic E-state index is 14.5. The zero-order valence-corrected chi connectivity index (χ0v) is 18.8. The van der Waals surface area contributed by atoms with E-state index in [0.717, 1.165) is 18.6 Å². The number of halogens is 5. The molecule has 0 aliphatic carbocycles. The van der Waals surface area contributed by atoms with Crippen LogP contribution in [0, 0.1) is 11.7 Å². The van der Waals surface area contributed by atoms with Gasteiger partial charge in [-0.3, -0.25) is 0 Å². The molecule has 0 saturated carbocycles. The Balaban J connectivity index is 1.53. The van der Waals surface area contributed by atoms with Crippen LogP contribution in [0.4, 0.5) is 29.5 Å². The lowest BCUT2D eigenvalue weighted by molar-refractivity contribution is -0.274. The van der Waals surface area contributed by atoms with Crippen LogP contribution in [0.25, 0.3) is 11.4 Å². The van der Waals surface area contributed by atoms with Gasteiger partial charge >= 0.3 is 6.36 Å². The fourth-order valence-electron chi connectivity index (χ4n) is 3.23. The largest absolute Gasteiger partial charge is 0.573 e. The van der Waals surface area contributed by atoms with Gasteiger partial charge in [-0.15, -0.1) is 13.2 Å². The van der Waals surface area contributed by atoms with Crippen LogP contribution in [-0.2, 0) is 4.74 Å². The molecule has 3 aromatic rings. The second-order valence-corrected chi connectivity index (χ2v) is 7.91. The summed E-state index contributed by atoms with van der Waals surface area (Å²) < 4.78 is 60.6. The Kier molecular flexibility index (Phi) is 7.61. The Morgan fingerprint density at radius 1 is 1.11 bits per heavy atom. The number of hydrogen-bond donors (Lipinski definition) is 2. The standard InChI is InChI=1S/C22H19ClF4N6O2/c23-16-2-1-3-17(24)18(16)19-30-20(28-10-14-8-9-34-12-14)32-21(31-19)33-29-11-13-4-6-15(7-5-13)35-22(25,26)27/h1-7,11,14H,8-10,12H2,(H2,28,30,31,32,33)/b29-11+. The fraction of sp³-hybridized carbons (Fsp3) is 0.273. The van der Waals surface area contributed by atoms with Crippen LogP contribution in [-0.4, -0.2) is 47.3 Å². The van der Waals surface area contributed by atoms with Crippen molar-refractivity contribution in [1.82, 2.24) is 15.0 Å². The van der Waals surface area contributed by atoms with Crippen LogP contribution in [0.3, 0.4) is 0 Å². The third kappa shape index (κ3) is 6.99. The molecule has 8 nitrogen and oxygen atoms in total. The first-order valence-electron chi connectivity index (χ1n) is 10.4. The van der Waals surface area contributed by atoms with Gasteiger partial charge in [0.2, 0.25) is 11.9 Å². The SMILES string of the molecule is Fc1cccc(Cl)c1-c1nc(NCC2CCOC2)nc(N/N=C/c2ccc(OC(F)(F)F)cc2)n1. The summed E-state index contributed by atoms with van der Waals surface area (Å²) in [6.45, 7) is 1.85. The molecule has 2 N–H and O–H groups in total. The Labute approximate surface area is 202 Å². The lowest BCUT2D eigenvalue weighted by Gasteiger charge is -2.12. The molecule has 184 valence electrons. The topological polar surface area (TPSA) is 93.6 Å². The molecule has 1 saturated heterocycles. The summed E-state index contributed by atoms with van der Waals surface area (Å²) in [5.41, 5.74) is 3.12. The van der Waals surface area contributed by atoms with E-state index in [-0.39, 0.29) is 40.0 Å². The third-order valence-electron chi connectivity index (χ3n) is 4.89. The minimum atomic E-state index is -4.77. The fourth-order valence-corrected chi connectivity index (χ4v) is 3.48. The van der Waals surface area contributed by atoms with Gasteiger partial charge in [-0.05, 0) is 48.4 Å². The molecule has 1 fully saturated rings. The minimum Gasteiger partial charge on any atom is -0.406 e. The van der Waals surface area contributed by atoms with E-state index in [1.807, 2.05) is 0 Å². The van der Waals surface area contributed by atoms with Crippen LogP contribution in [0.2, 0.25) is 5.02 Å². The second kappa shape index (κ2) is 10.8. The first-order chi connectivity index (χ1) is 16.8. The molecule has 13 heteroatoms. The third-order valence-corrected chi connectivity index (χ3v) is 5.20. The van der Waals surface area contributed by atoms with Crippen molar-refractivity contribution in [3.05, 3.63) is 58.9 Å². The van der Waals surface area contributed by atoms with Gasteiger partial charge in [0.25, 0.3) is 0 Å². The Hall–Kier alpha value is -3.51. The van der Waals surface area contributed by atoms with Crippen molar-refractivity contribution < 1.29 is 27.0 Å². The van der Waals surface area contributed by atoms with Crippen LogP contribution >= 0.6 is 11.6 Å². The van der Waals surface area contributed by atoms with Gasteiger partial charge in [0.15, 0.2) is 5.82 Å². The summed E-state index contributed by atoms with van der Waals surface area (Å²) in [6.07, 6.45) is -2.53. The number of rotatable bonds is 8. The quantitative estimate of drug-likeness (QED) is 0.247. The van der Waals surface area contributed by atoms with Crippen LogP contribution in [0.1, 0.15) is 12.0 Å². The molecule has 2 aromatic carbocycles. The van der Waals surface area contributed by atoms with E-state index in [4.69, 9.17) is 16.3 Å². The number of alkyl halides is 3. The van der Waals surface area contributed by atoms with Crippen molar-refractivity contribution in [2.24, 2.45) is 11.0 Å². The number of hydrogen-bond acceptors (Lipinski definition) is 8. The molecule has 0 bridgehead atoms. The summed E-state index contributed by atoms with van der Waals surface area (Å²) in [7, 11) is 0. The summed E-state index contributed by atoms with van der Waals surface area (Å²) in [6, 6.07) is 9.32. The van der Waals surface area contributed by atoms with Crippen molar-refractivity contribution in [2.75, 3.05) is 30.5 Å². The highest BCUT2D eigenvalue weighted by molar-refractivity contribution is 6.33. The number of hydrazone groups is 1. The van der Waals surface area contributed by atoms with Crippen molar-refractivity contribution >= 4 is 29.7 Å². The highest BCUT2D eigenvalue weighted by Gasteiger charge is 2.30. The smallest absolute Gasteiger partial charge is 0.406 e. The van der Waals surface area contributed by atoms with Gasteiger partial charge in [0.1, 0.15) is 11.6 Å². The van der Waals surface area contributed by atoms with Gasteiger partial charge in [-0.2, -0.15) is 20.1 Å². The summed E-state index contributed by atoms with van der Waals surface area (Å²) in [5, 5.41) is 7.24. The first-order valence-corrected chi connectivity index (χ1v) is 10.8. The lowest BCUT2D eigenvalue weighted by Crippen LogP contribution is -2.17.